The fraction of sp³-hybridized carbons (Fsp3) is 0.385. The molecule has 1 unspecified atom stereocenters. The Morgan fingerprint density at radius 3 is 2.43 bits per heavy atom. The van der Waals surface area contributed by atoms with Crippen LogP contribution in [0.5, 0.6) is 0 Å². The molecule has 1 aliphatic carbocycles. The molecule has 0 amide bonds. The van der Waals surface area contributed by atoms with Gasteiger partial charge < -0.3 is 0 Å². The maximum Gasteiger partial charge on any atom is 0.0557 e. The monoisotopic (exact) mass is 206 g/mol. The third-order valence-corrected chi connectivity index (χ3v) is 3.03. The van der Waals surface area contributed by atoms with E-state index in [1.807, 2.05) is 6.92 Å². The van der Waals surface area contributed by atoms with Gasteiger partial charge in [0.1, 0.15) is 0 Å². The Bertz CT molecular complexity index is 333. The second-order valence-corrected chi connectivity index (χ2v) is 4.51. The molecule has 2 rings (SSSR count). The summed E-state index contributed by atoms with van der Waals surface area (Å²) in [5.74, 6) is 0. The standard InChI is InChI=1S/C13H15Cl/c1-10(14)11-6-8-13(9-7-11)12-4-2-3-5-12/h4,6-10H,2-3,5H2,1H3. The first-order valence-electron chi connectivity index (χ1n) is 5.21. The summed E-state index contributed by atoms with van der Waals surface area (Å²) in [7, 11) is 0. The Morgan fingerprint density at radius 2 is 1.93 bits per heavy atom. The van der Waals surface area contributed by atoms with Crippen LogP contribution < -0.4 is 0 Å². The Kier molecular flexibility index (Phi) is 2.93. The van der Waals surface area contributed by atoms with Gasteiger partial charge in [-0.1, -0.05) is 30.3 Å². The van der Waals surface area contributed by atoms with E-state index in [1.165, 1.54) is 36.0 Å². The lowest BCUT2D eigenvalue weighted by Gasteiger charge is -2.06. The van der Waals surface area contributed by atoms with Crippen molar-refractivity contribution >= 4 is 17.2 Å². The predicted octanol–water partition coefficient (Wildman–Crippen LogP) is 4.55. The Labute approximate surface area is 90.6 Å². The number of halogens is 1. The van der Waals surface area contributed by atoms with Crippen LogP contribution in [0, 0.1) is 0 Å². The molecule has 0 bridgehead atoms. The van der Waals surface area contributed by atoms with E-state index in [0.29, 0.717) is 0 Å². The van der Waals surface area contributed by atoms with Crippen LogP contribution >= 0.6 is 11.6 Å². The lowest BCUT2D eigenvalue weighted by Crippen LogP contribution is -1.86. The summed E-state index contributed by atoms with van der Waals surface area (Å²) in [5.41, 5.74) is 4.07. The topological polar surface area (TPSA) is 0 Å². The first-order valence-corrected chi connectivity index (χ1v) is 5.64. The Hall–Kier alpha value is -0.750. The zero-order chi connectivity index (χ0) is 9.97. The van der Waals surface area contributed by atoms with E-state index in [-0.39, 0.29) is 5.38 Å². The fourth-order valence-corrected chi connectivity index (χ4v) is 2.04. The summed E-state index contributed by atoms with van der Waals surface area (Å²) in [5, 5.41) is 0.113. The molecule has 0 aliphatic heterocycles. The van der Waals surface area contributed by atoms with Gasteiger partial charge in [0.2, 0.25) is 0 Å². The number of benzene rings is 1. The van der Waals surface area contributed by atoms with Crippen LogP contribution in [-0.4, -0.2) is 0 Å². The Morgan fingerprint density at radius 1 is 1.21 bits per heavy atom. The molecule has 0 radical (unpaired) electrons. The maximum atomic E-state index is 6.00. The molecular formula is C13H15Cl. The molecule has 1 aromatic rings. The van der Waals surface area contributed by atoms with Gasteiger partial charge in [0, 0.05) is 0 Å². The van der Waals surface area contributed by atoms with E-state index in [9.17, 15) is 0 Å². The average molecular weight is 207 g/mol. The summed E-state index contributed by atoms with van der Waals surface area (Å²) in [6.45, 7) is 2.01. The van der Waals surface area contributed by atoms with Gasteiger partial charge in [0.15, 0.2) is 0 Å². The molecule has 0 aromatic heterocycles. The van der Waals surface area contributed by atoms with E-state index in [1.54, 1.807) is 0 Å². The molecule has 0 spiro atoms. The SMILES string of the molecule is CC(Cl)c1ccc(C2=CCCC2)cc1. The van der Waals surface area contributed by atoms with Crippen molar-refractivity contribution in [3.8, 4) is 0 Å². The predicted molar refractivity (Wildman–Crippen MR) is 62.5 cm³/mol. The van der Waals surface area contributed by atoms with Crippen molar-refractivity contribution in [2.24, 2.45) is 0 Å². The van der Waals surface area contributed by atoms with Gasteiger partial charge in [-0.05, 0) is 42.9 Å². The normalized spacial score (nSPS) is 18.0. The summed E-state index contributed by atoms with van der Waals surface area (Å²) < 4.78 is 0. The van der Waals surface area contributed by atoms with Crippen molar-refractivity contribution < 1.29 is 0 Å². The Balaban J connectivity index is 2.21. The van der Waals surface area contributed by atoms with Gasteiger partial charge in [-0.25, -0.2) is 0 Å². The molecule has 1 aliphatic rings. The van der Waals surface area contributed by atoms with Gasteiger partial charge in [-0.15, -0.1) is 11.6 Å². The minimum absolute atomic E-state index is 0.113. The number of hydrogen-bond acceptors (Lipinski definition) is 0. The van der Waals surface area contributed by atoms with Gasteiger partial charge in [-0.2, -0.15) is 0 Å². The first-order chi connectivity index (χ1) is 6.77. The molecule has 0 saturated carbocycles. The largest absolute Gasteiger partial charge is 0.118 e. The summed E-state index contributed by atoms with van der Waals surface area (Å²) in [6, 6.07) is 8.63. The van der Waals surface area contributed by atoms with Crippen molar-refractivity contribution in [3.63, 3.8) is 0 Å². The van der Waals surface area contributed by atoms with E-state index in [0.717, 1.165) is 0 Å². The van der Waals surface area contributed by atoms with Gasteiger partial charge in [-0.3, -0.25) is 0 Å². The number of hydrogen-bond donors (Lipinski definition) is 0. The summed E-state index contributed by atoms with van der Waals surface area (Å²) >= 11 is 6.00. The third-order valence-electron chi connectivity index (χ3n) is 2.78. The molecule has 1 heteroatoms. The summed E-state index contributed by atoms with van der Waals surface area (Å²) in [6.07, 6.45) is 6.13. The molecule has 74 valence electrons. The van der Waals surface area contributed by atoms with Gasteiger partial charge in [0.05, 0.1) is 5.38 Å². The minimum atomic E-state index is 0.113. The highest BCUT2D eigenvalue weighted by atomic mass is 35.5. The van der Waals surface area contributed by atoms with Gasteiger partial charge >= 0.3 is 0 Å². The van der Waals surface area contributed by atoms with Crippen molar-refractivity contribution in [3.05, 3.63) is 41.5 Å². The van der Waals surface area contributed by atoms with Crippen LogP contribution in [0.1, 0.15) is 42.7 Å². The van der Waals surface area contributed by atoms with Crippen LogP contribution in [0.3, 0.4) is 0 Å². The smallest absolute Gasteiger partial charge is 0.0557 e. The first kappa shape index (κ1) is 9.79. The zero-order valence-corrected chi connectivity index (χ0v) is 9.22. The molecule has 0 saturated heterocycles. The molecule has 14 heavy (non-hydrogen) atoms. The quantitative estimate of drug-likeness (QED) is 0.623. The van der Waals surface area contributed by atoms with Crippen LogP contribution in [0.4, 0.5) is 0 Å². The van der Waals surface area contributed by atoms with Gasteiger partial charge in [0.25, 0.3) is 0 Å². The number of alkyl halides is 1. The van der Waals surface area contributed by atoms with E-state index < -0.39 is 0 Å². The fourth-order valence-electron chi connectivity index (χ4n) is 1.90. The van der Waals surface area contributed by atoms with Crippen molar-refractivity contribution in [2.45, 2.75) is 31.6 Å². The van der Waals surface area contributed by atoms with E-state index >= 15 is 0 Å². The molecular weight excluding hydrogens is 192 g/mol. The number of rotatable bonds is 2. The van der Waals surface area contributed by atoms with Crippen LogP contribution in [0.15, 0.2) is 30.3 Å². The van der Waals surface area contributed by atoms with Crippen LogP contribution in [0.2, 0.25) is 0 Å². The minimum Gasteiger partial charge on any atom is -0.118 e. The zero-order valence-electron chi connectivity index (χ0n) is 8.46. The molecule has 1 atom stereocenters. The highest BCUT2D eigenvalue weighted by molar-refractivity contribution is 6.20. The lowest BCUT2D eigenvalue weighted by atomic mass is 10.0. The number of allylic oxidation sites excluding steroid dienone is 2. The van der Waals surface area contributed by atoms with Crippen LogP contribution in [0.25, 0.3) is 5.57 Å². The van der Waals surface area contributed by atoms with E-state index in [2.05, 4.69) is 30.3 Å². The molecule has 1 aromatic carbocycles. The summed E-state index contributed by atoms with van der Waals surface area (Å²) in [4.78, 5) is 0. The highest BCUT2D eigenvalue weighted by Crippen LogP contribution is 2.29. The van der Waals surface area contributed by atoms with Crippen molar-refractivity contribution in [1.29, 1.82) is 0 Å². The van der Waals surface area contributed by atoms with Crippen LogP contribution in [-0.2, 0) is 0 Å². The molecule has 0 N–H and O–H groups in total. The second kappa shape index (κ2) is 4.18. The molecule has 0 fully saturated rings. The third kappa shape index (κ3) is 2.01. The second-order valence-electron chi connectivity index (χ2n) is 3.86. The maximum absolute atomic E-state index is 6.00. The van der Waals surface area contributed by atoms with Crippen molar-refractivity contribution in [1.82, 2.24) is 0 Å². The van der Waals surface area contributed by atoms with E-state index in [4.69, 9.17) is 11.6 Å². The molecule has 0 heterocycles. The molecule has 0 nitrogen and oxygen atoms in total. The average Bonchev–Trinajstić information content (AvgIpc) is 2.71. The highest BCUT2D eigenvalue weighted by Gasteiger charge is 2.07. The lowest BCUT2D eigenvalue weighted by molar-refractivity contribution is 0.935. The van der Waals surface area contributed by atoms with Crippen molar-refractivity contribution in [2.75, 3.05) is 0 Å².